The van der Waals surface area contributed by atoms with Gasteiger partial charge in [0, 0.05) is 6.42 Å². The number of hydrogen-bond donors (Lipinski definition) is 1. The molecule has 0 atom stereocenters. The minimum absolute atomic E-state index is 0.441. The Hall–Kier alpha value is -0.720. The normalized spacial score (nSPS) is 9.73. The molecule has 0 aromatic heterocycles. The molecule has 0 rings (SSSR count). The summed E-state index contributed by atoms with van der Waals surface area (Å²) >= 11 is 0. The average Bonchev–Trinajstić information content (AvgIpc) is 2.04. The first-order chi connectivity index (χ1) is 5.16. The summed E-state index contributed by atoms with van der Waals surface area (Å²) < 4.78 is 0. The van der Waals surface area contributed by atoms with Crippen molar-refractivity contribution in [2.75, 3.05) is 0 Å². The predicted octanol–water partition coefficient (Wildman–Crippen LogP) is 3.83. The van der Waals surface area contributed by atoms with Crippen LogP contribution in [0.4, 0.5) is 0 Å². The molecule has 1 nitrogen and oxygen atoms in total. The summed E-state index contributed by atoms with van der Waals surface area (Å²) in [5.41, 5.74) is 1.20. The molecule has 1 N–H and O–H groups in total. The molecule has 0 amide bonds. The number of aliphatic hydroxyl groups is 1. The summed E-state index contributed by atoms with van der Waals surface area (Å²) in [7, 11) is 0. The topological polar surface area (TPSA) is 20.2 Å². The van der Waals surface area contributed by atoms with E-state index >= 15 is 0 Å². The third kappa shape index (κ3) is 12.5. The van der Waals surface area contributed by atoms with Crippen molar-refractivity contribution < 1.29 is 5.11 Å². The van der Waals surface area contributed by atoms with Gasteiger partial charge in [0.25, 0.3) is 0 Å². The summed E-state index contributed by atoms with van der Waals surface area (Å²) in [6.45, 7) is 9.92. The smallest absolute Gasteiger partial charge is 0.0919 e. The molecule has 0 unspecified atom stereocenters. The van der Waals surface area contributed by atoms with Crippen LogP contribution in [0, 0.1) is 0 Å². The highest BCUT2D eigenvalue weighted by Crippen LogP contribution is 1.96. The monoisotopic (exact) mass is 156 g/mol. The minimum atomic E-state index is 0.441. The molecule has 0 aromatic carbocycles. The third-order valence-electron chi connectivity index (χ3n) is 0.971. The molecule has 0 aliphatic rings. The van der Waals surface area contributed by atoms with Crippen molar-refractivity contribution in [2.45, 2.75) is 41.0 Å². The molecule has 0 heterocycles. The SMILES string of the molecule is CC.CC/C(O)=C\C=C(C)C. The van der Waals surface area contributed by atoms with Crippen LogP contribution < -0.4 is 0 Å². The van der Waals surface area contributed by atoms with E-state index < -0.39 is 0 Å². The van der Waals surface area contributed by atoms with Gasteiger partial charge in [0.1, 0.15) is 0 Å². The Balaban J connectivity index is 0. The highest BCUT2D eigenvalue weighted by atomic mass is 16.3. The Morgan fingerprint density at radius 1 is 1.18 bits per heavy atom. The van der Waals surface area contributed by atoms with Crippen molar-refractivity contribution in [1.82, 2.24) is 0 Å². The van der Waals surface area contributed by atoms with Crippen LogP contribution in [0.2, 0.25) is 0 Å². The second kappa shape index (κ2) is 9.28. The quantitative estimate of drug-likeness (QED) is 0.476. The van der Waals surface area contributed by atoms with Crippen molar-refractivity contribution >= 4 is 0 Å². The van der Waals surface area contributed by atoms with Gasteiger partial charge in [0.15, 0.2) is 0 Å². The highest BCUT2D eigenvalue weighted by molar-refractivity contribution is 5.10. The van der Waals surface area contributed by atoms with Gasteiger partial charge in [-0.15, -0.1) is 0 Å². The van der Waals surface area contributed by atoms with Crippen molar-refractivity contribution in [3.8, 4) is 0 Å². The van der Waals surface area contributed by atoms with E-state index in [1.165, 1.54) is 5.57 Å². The maximum atomic E-state index is 8.92. The standard InChI is InChI=1S/C8H14O.C2H6/c1-4-8(9)6-5-7(2)3;1-2/h5-6,9H,4H2,1-3H3;1-2H3/b8-6+;. The zero-order chi connectivity index (χ0) is 9.28. The van der Waals surface area contributed by atoms with E-state index in [1.807, 2.05) is 40.7 Å². The van der Waals surface area contributed by atoms with Crippen LogP contribution in [0.3, 0.4) is 0 Å². The summed E-state index contributed by atoms with van der Waals surface area (Å²) in [5.74, 6) is 0.441. The van der Waals surface area contributed by atoms with Gasteiger partial charge >= 0.3 is 0 Å². The first kappa shape index (κ1) is 12.9. The molecular formula is C10H20O. The number of aliphatic hydroxyl groups excluding tert-OH is 1. The Morgan fingerprint density at radius 3 is 1.91 bits per heavy atom. The van der Waals surface area contributed by atoms with Gasteiger partial charge in [-0.25, -0.2) is 0 Å². The fourth-order valence-electron chi connectivity index (χ4n) is 0.381. The average molecular weight is 156 g/mol. The van der Waals surface area contributed by atoms with E-state index in [4.69, 9.17) is 5.11 Å². The second-order valence-electron chi connectivity index (χ2n) is 2.26. The van der Waals surface area contributed by atoms with E-state index in [1.54, 1.807) is 6.08 Å². The molecule has 0 aliphatic heterocycles. The molecule has 0 aliphatic carbocycles. The van der Waals surface area contributed by atoms with Crippen molar-refractivity contribution in [3.63, 3.8) is 0 Å². The molecule has 0 bridgehead atoms. The predicted molar refractivity (Wildman–Crippen MR) is 51.8 cm³/mol. The summed E-state index contributed by atoms with van der Waals surface area (Å²) in [5, 5.41) is 8.92. The number of allylic oxidation sites excluding steroid dienone is 4. The molecule has 0 fully saturated rings. The van der Waals surface area contributed by atoms with Crippen LogP contribution in [0.25, 0.3) is 0 Å². The first-order valence-corrected chi connectivity index (χ1v) is 4.19. The Labute approximate surface area is 70.4 Å². The highest BCUT2D eigenvalue weighted by Gasteiger charge is 1.81. The van der Waals surface area contributed by atoms with E-state index in [0.717, 1.165) is 0 Å². The van der Waals surface area contributed by atoms with E-state index in [2.05, 4.69) is 0 Å². The van der Waals surface area contributed by atoms with Crippen LogP contribution in [0.5, 0.6) is 0 Å². The van der Waals surface area contributed by atoms with Crippen molar-refractivity contribution in [1.29, 1.82) is 0 Å². The van der Waals surface area contributed by atoms with Gasteiger partial charge in [0.2, 0.25) is 0 Å². The molecule has 0 saturated heterocycles. The van der Waals surface area contributed by atoms with Gasteiger partial charge in [-0.05, 0) is 19.9 Å². The van der Waals surface area contributed by atoms with Gasteiger partial charge in [-0.3, -0.25) is 0 Å². The van der Waals surface area contributed by atoms with Crippen molar-refractivity contribution in [3.05, 3.63) is 23.5 Å². The molecule has 0 radical (unpaired) electrons. The largest absolute Gasteiger partial charge is 0.512 e. The van der Waals surface area contributed by atoms with Crippen molar-refractivity contribution in [2.24, 2.45) is 0 Å². The molecule has 0 aromatic rings. The Morgan fingerprint density at radius 2 is 1.64 bits per heavy atom. The van der Waals surface area contributed by atoms with Gasteiger partial charge in [-0.2, -0.15) is 0 Å². The Bertz CT molecular complexity index is 128. The molecule has 1 heteroatoms. The molecule has 11 heavy (non-hydrogen) atoms. The maximum absolute atomic E-state index is 8.92. The molecule has 66 valence electrons. The number of rotatable bonds is 2. The van der Waals surface area contributed by atoms with E-state index in [9.17, 15) is 0 Å². The number of hydrogen-bond acceptors (Lipinski definition) is 1. The van der Waals surface area contributed by atoms with Crippen LogP contribution >= 0.6 is 0 Å². The van der Waals surface area contributed by atoms with Crippen LogP contribution in [0.1, 0.15) is 41.0 Å². The lowest BCUT2D eigenvalue weighted by Gasteiger charge is -1.89. The second-order valence-corrected chi connectivity index (χ2v) is 2.26. The van der Waals surface area contributed by atoms with Gasteiger partial charge in [0.05, 0.1) is 5.76 Å². The zero-order valence-corrected chi connectivity index (χ0v) is 8.31. The molecular weight excluding hydrogens is 136 g/mol. The third-order valence-corrected chi connectivity index (χ3v) is 0.971. The minimum Gasteiger partial charge on any atom is -0.512 e. The lowest BCUT2D eigenvalue weighted by atomic mass is 10.3. The Kier molecular flexibility index (Phi) is 10.9. The van der Waals surface area contributed by atoms with E-state index in [-0.39, 0.29) is 0 Å². The molecule has 0 saturated carbocycles. The van der Waals surface area contributed by atoms with E-state index in [0.29, 0.717) is 12.2 Å². The zero-order valence-electron chi connectivity index (χ0n) is 8.31. The maximum Gasteiger partial charge on any atom is 0.0919 e. The van der Waals surface area contributed by atoms with Crippen LogP contribution in [0.15, 0.2) is 23.5 Å². The lowest BCUT2D eigenvalue weighted by Crippen LogP contribution is -1.73. The lowest BCUT2D eigenvalue weighted by molar-refractivity contribution is 0.394. The van der Waals surface area contributed by atoms with Gasteiger partial charge < -0.3 is 5.11 Å². The first-order valence-electron chi connectivity index (χ1n) is 4.19. The fourth-order valence-corrected chi connectivity index (χ4v) is 0.381. The van der Waals surface area contributed by atoms with Crippen LogP contribution in [-0.2, 0) is 0 Å². The van der Waals surface area contributed by atoms with Crippen LogP contribution in [-0.4, -0.2) is 5.11 Å². The fraction of sp³-hybridized carbons (Fsp3) is 0.600. The summed E-state index contributed by atoms with van der Waals surface area (Å²) in [6, 6.07) is 0. The van der Waals surface area contributed by atoms with Gasteiger partial charge in [-0.1, -0.05) is 32.4 Å². The molecule has 0 spiro atoms. The summed E-state index contributed by atoms with van der Waals surface area (Å²) in [6.07, 6.45) is 4.35. The summed E-state index contributed by atoms with van der Waals surface area (Å²) in [4.78, 5) is 0.